The smallest absolute Gasteiger partial charge is 0.308 e. The van der Waals surface area contributed by atoms with Crippen molar-refractivity contribution in [3.63, 3.8) is 0 Å². The van der Waals surface area contributed by atoms with Crippen LogP contribution in [0.2, 0.25) is 0 Å². The number of aryl methyl sites for hydroxylation is 1. The molecule has 98 valence electrons. The van der Waals surface area contributed by atoms with Crippen molar-refractivity contribution >= 4 is 5.97 Å². The standard InChI is InChI=1S/C14H18O4/c1-10-4-3-5-11(6-10)7-14-17-9-12(18-14)8-13(15)16-2/h3-6,12,14H,7-9H2,1-2H3. The molecule has 1 aliphatic rings. The third kappa shape index (κ3) is 3.55. The lowest BCUT2D eigenvalue weighted by Crippen LogP contribution is -2.18. The average molecular weight is 250 g/mol. The fraction of sp³-hybridized carbons (Fsp3) is 0.500. The first-order chi connectivity index (χ1) is 8.67. The van der Waals surface area contributed by atoms with E-state index in [1.165, 1.54) is 18.2 Å². The Hall–Kier alpha value is -1.39. The number of carbonyl (C=O) groups excluding carboxylic acids is 1. The van der Waals surface area contributed by atoms with Gasteiger partial charge in [-0.05, 0) is 12.5 Å². The highest BCUT2D eigenvalue weighted by Gasteiger charge is 2.28. The van der Waals surface area contributed by atoms with Gasteiger partial charge in [-0.3, -0.25) is 4.79 Å². The Balaban J connectivity index is 1.84. The van der Waals surface area contributed by atoms with E-state index in [1.807, 2.05) is 12.1 Å². The first-order valence-corrected chi connectivity index (χ1v) is 6.07. The van der Waals surface area contributed by atoms with Crippen LogP contribution in [0.3, 0.4) is 0 Å². The van der Waals surface area contributed by atoms with Crippen molar-refractivity contribution in [2.45, 2.75) is 32.2 Å². The maximum Gasteiger partial charge on any atom is 0.308 e. The van der Waals surface area contributed by atoms with E-state index in [9.17, 15) is 4.79 Å². The monoisotopic (exact) mass is 250 g/mol. The Morgan fingerprint density at radius 2 is 2.33 bits per heavy atom. The third-order valence-electron chi connectivity index (χ3n) is 2.92. The van der Waals surface area contributed by atoms with E-state index in [0.717, 1.165) is 0 Å². The first-order valence-electron chi connectivity index (χ1n) is 6.07. The Bertz CT molecular complexity index is 416. The normalized spacial score (nSPS) is 23.0. The minimum absolute atomic E-state index is 0.188. The van der Waals surface area contributed by atoms with Crippen molar-refractivity contribution in [3.05, 3.63) is 35.4 Å². The van der Waals surface area contributed by atoms with Crippen LogP contribution in [0.4, 0.5) is 0 Å². The van der Waals surface area contributed by atoms with Crippen LogP contribution in [0, 0.1) is 6.92 Å². The van der Waals surface area contributed by atoms with Gasteiger partial charge in [-0.25, -0.2) is 0 Å². The second kappa shape index (κ2) is 5.98. The molecule has 4 heteroatoms. The zero-order valence-electron chi connectivity index (χ0n) is 10.7. The summed E-state index contributed by atoms with van der Waals surface area (Å²) in [5.74, 6) is -0.264. The molecule has 2 unspecified atom stereocenters. The number of ether oxygens (including phenoxy) is 3. The molecule has 1 fully saturated rings. The summed E-state index contributed by atoms with van der Waals surface area (Å²) < 4.78 is 15.8. The number of carbonyl (C=O) groups is 1. The largest absolute Gasteiger partial charge is 0.469 e. The molecule has 0 aliphatic carbocycles. The molecule has 1 heterocycles. The van der Waals surface area contributed by atoms with Crippen molar-refractivity contribution in [2.75, 3.05) is 13.7 Å². The predicted molar refractivity (Wildman–Crippen MR) is 66.1 cm³/mol. The van der Waals surface area contributed by atoms with Crippen LogP contribution in [0.25, 0.3) is 0 Å². The van der Waals surface area contributed by atoms with Crippen LogP contribution in [-0.2, 0) is 25.4 Å². The molecule has 0 spiro atoms. The maximum absolute atomic E-state index is 11.1. The van der Waals surface area contributed by atoms with E-state index >= 15 is 0 Å². The molecule has 1 aliphatic heterocycles. The Morgan fingerprint density at radius 1 is 1.50 bits per heavy atom. The van der Waals surface area contributed by atoms with Gasteiger partial charge in [0.25, 0.3) is 0 Å². The molecular weight excluding hydrogens is 232 g/mol. The molecule has 0 aromatic heterocycles. The van der Waals surface area contributed by atoms with Gasteiger partial charge in [0, 0.05) is 6.42 Å². The number of methoxy groups -OCH3 is 1. The highest BCUT2D eigenvalue weighted by molar-refractivity contribution is 5.69. The quantitative estimate of drug-likeness (QED) is 0.765. The maximum atomic E-state index is 11.1. The molecule has 4 nitrogen and oxygen atoms in total. The predicted octanol–water partition coefficient (Wildman–Crippen LogP) is 1.84. The first kappa shape index (κ1) is 13.1. The number of hydrogen-bond acceptors (Lipinski definition) is 4. The molecule has 0 saturated carbocycles. The second-order valence-corrected chi connectivity index (χ2v) is 4.49. The van der Waals surface area contributed by atoms with Crippen molar-refractivity contribution in [1.82, 2.24) is 0 Å². The van der Waals surface area contributed by atoms with Crippen LogP contribution in [0.5, 0.6) is 0 Å². The average Bonchev–Trinajstić information content (AvgIpc) is 2.76. The lowest BCUT2D eigenvalue weighted by molar-refractivity contribution is -0.143. The summed E-state index contributed by atoms with van der Waals surface area (Å²) >= 11 is 0. The van der Waals surface area contributed by atoms with Crippen LogP contribution in [0.15, 0.2) is 24.3 Å². The van der Waals surface area contributed by atoms with Gasteiger partial charge in [0.1, 0.15) is 0 Å². The second-order valence-electron chi connectivity index (χ2n) is 4.49. The van der Waals surface area contributed by atoms with Crippen LogP contribution in [-0.4, -0.2) is 32.1 Å². The zero-order chi connectivity index (χ0) is 13.0. The molecule has 1 aromatic rings. The molecule has 0 amide bonds. The van der Waals surface area contributed by atoms with Crippen LogP contribution in [0.1, 0.15) is 17.5 Å². The van der Waals surface area contributed by atoms with E-state index in [-0.39, 0.29) is 24.8 Å². The SMILES string of the molecule is COC(=O)CC1COC(Cc2cccc(C)c2)O1. The number of rotatable bonds is 4. The molecule has 1 saturated heterocycles. The van der Waals surface area contributed by atoms with E-state index < -0.39 is 0 Å². The fourth-order valence-electron chi connectivity index (χ4n) is 2.02. The van der Waals surface area contributed by atoms with Crippen molar-refractivity contribution < 1.29 is 19.0 Å². The van der Waals surface area contributed by atoms with Crippen molar-refractivity contribution in [3.8, 4) is 0 Å². The highest BCUT2D eigenvalue weighted by atomic mass is 16.7. The molecule has 0 radical (unpaired) electrons. The summed E-state index contributed by atoms with van der Waals surface area (Å²) in [5.41, 5.74) is 2.40. The van der Waals surface area contributed by atoms with Gasteiger partial charge in [0.15, 0.2) is 6.29 Å². The van der Waals surface area contributed by atoms with E-state index in [0.29, 0.717) is 13.0 Å². The molecule has 1 aromatic carbocycles. The third-order valence-corrected chi connectivity index (χ3v) is 2.92. The van der Waals surface area contributed by atoms with Crippen molar-refractivity contribution in [1.29, 1.82) is 0 Å². The summed E-state index contributed by atoms with van der Waals surface area (Å²) in [7, 11) is 1.38. The zero-order valence-corrected chi connectivity index (χ0v) is 10.7. The topological polar surface area (TPSA) is 44.8 Å². The van der Waals surface area contributed by atoms with Gasteiger partial charge in [-0.1, -0.05) is 29.8 Å². The summed E-state index contributed by atoms with van der Waals surface area (Å²) in [4.78, 5) is 11.1. The minimum Gasteiger partial charge on any atom is -0.469 e. The minimum atomic E-state index is -0.264. The molecule has 2 atom stereocenters. The number of esters is 1. The van der Waals surface area contributed by atoms with Gasteiger partial charge < -0.3 is 14.2 Å². The van der Waals surface area contributed by atoms with Crippen LogP contribution >= 0.6 is 0 Å². The van der Waals surface area contributed by atoms with Crippen LogP contribution < -0.4 is 0 Å². The number of benzene rings is 1. The Kier molecular flexibility index (Phi) is 4.33. The van der Waals surface area contributed by atoms with E-state index in [2.05, 4.69) is 23.8 Å². The molecule has 18 heavy (non-hydrogen) atoms. The lowest BCUT2D eigenvalue weighted by atomic mass is 10.1. The van der Waals surface area contributed by atoms with Gasteiger partial charge in [0.05, 0.1) is 26.2 Å². The fourth-order valence-corrected chi connectivity index (χ4v) is 2.02. The summed E-state index contributed by atoms with van der Waals surface area (Å²) in [6, 6.07) is 8.24. The summed E-state index contributed by atoms with van der Waals surface area (Å²) in [6.07, 6.45) is 0.508. The van der Waals surface area contributed by atoms with E-state index in [1.54, 1.807) is 0 Å². The Morgan fingerprint density at radius 3 is 3.06 bits per heavy atom. The van der Waals surface area contributed by atoms with Gasteiger partial charge >= 0.3 is 5.97 Å². The van der Waals surface area contributed by atoms with Gasteiger partial charge in [-0.15, -0.1) is 0 Å². The summed E-state index contributed by atoms with van der Waals surface area (Å²) in [6.45, 7) is 2.51. The highest BCUT2D eigenvalue weighted by Crippen LogP contribution is 2.19. The van der Waals surface area contributed by atoms with E-state index in [4.69, 9.17) is 9.47 Å². The molecule has 0 N–H and O–H groups in total. The molecular formula is C14H18O4. The van der Waals surface area contributed by atoms with Crippen molar-refractivity contribution in [2.24, 2.45) is 0 Å². The Labute approximate surface area is 107 Å². The summed E-state index contributed by atoms with van der Waals surface area (Å²) in [5, 5.41) is 0. The lowest BCUT2D eigenvalue weighted by Gasteiger charge is -2.11. The number of hydrogen-bond donors (Lipinski definition) is 0. The van der Waals surface area contributed by atoms with Gasteiger partial charge in [0.2, 0.25) is 0 Å². The van der Waals surface area contributed by atoms with Gasteiger partial charge in [-0.2, -0.15) is 0 Å². The molecule has 0 bridgehead atoms. The molecule has 2 rings (SSSR count).